The average molecular weight is 487 g/mol. The fraction of sp³-hybridized carbons (Fsp3) is 0.474. The summed E-state index contributed by atoms with van der Waals surface area (Å²) >= 11 is 0. The number of nitrogens with two attached hydrogens (primary N) is 1. The van der Waals surface area contributed by atoms with Crippen molar-refractivity contribution in [3.8, 4) is 0 Å². The lowest BCUT2D eigenvalue weighted by Crippen LogP contribution is -2.38. The number of carbonyl (C=O) groups is 1. The fourth-order valence-electron chi connectivity index (χ4n) is 2.53. The first kappa shape index (κ1) is 23.4. The molecule has 1 aromatic rings. The summed E-state index contributed by atoms with van der Waals surface area (Å²) in [4.78, 5) is 18.7. The van der Waals surface area contributed by atoms with E-state index >= 15 is 0 Å². The van der Waals surface area contributed by atoms with Gasteiger partial charge >= 0.3 is 0 Å². The second kappa shape index (κ2) is 12.7. The van der Waals surface area contributed by atoms with Crippen LogP contribution in [0, 0.1) is 0 Å². The monoisotopic (exact) mass is 487 g/mol. The molecule has 1 aromatic carbocycles. The van der Waals surface area contributed by atoms with Crippen molar-refractivity contribution in [2.45, 2.75) is 19.9 Å². The molecule has 0 atom stereocenters. The maximum absolute atomic E-state index is 12.1. The van der Waals surface area contributed by atoms with Gasteiger partial charge in [0, 0.05) is 38.3 Å². The minimum Gasteiger partial charge on any atom is -0.379 e. The van der Waals surface area contributed by atoms with Gasteiger partial charge in [-0.25, -0.2) is 4.99 Å². The van der Waals surface area contributed by atoms with Crippen LogP contribution in [-0.4, -0.2) is 56.2 Å². The van der Waals surface area contributed by atoms with Crippen molar-refractivity contribution in [2.75, 3.05) is 44.7 Å². The summed E-state index contributed by atoms with van der Waals surface area (Å²) in [6, 6.07) is 7.66. The number of carbonyl (C=O) groups excluding carboxylic acids is 1. The molecule has 1 amide bonds. The number of benzene rings is 1. The molecule has 2 rings (SSSR count). The Morgan fingerprint density at radius 1 is 1.37 bits per heavy atom. The van der Waals surface area contributed by atoms with Crippen LogP contribution in [0.1, 0.15) is 18.9 Å². The van der Waals surface area contributed by atoms with Gasteiger partial charge in [0.25, 0.3) is 0 Å². The van der Waals surface area contributed by atoms with Gasteiger partial charge in [-0.3, -0.25) is 9.69 Å². The van der Waals surface area contributed by atoms with Crippen molar-refractivity contribution in [1.82, 2.24) is 10.2 Å². The summed E-state index contributed by atoms with van der Waals surface area (Å²) in [7, 11) is 0. The number of hydrogen-bond acceptors (Lipinski definition) is 4. The van der Waals surface area contributed by atoms with Gasteiger partial charge < -0.3 is 21.1 Å². The molecule has 1 fully saturated rings. The lowest BCUT2D eigenvalue weighted by Gasteiger charge is -2.26. The van der Waals surface area contributed by atoms with Crippen LogP contribution >= 0.6 is 24.0 Å². The number of aliphatic imine (C=N–C) groups is 1. The van der Waals surface area contributed by atoms with E-state index in [0.717, 1.165) is 49.7 Å². The first-order valence-corrected chi connectivity index (χ1v) is 8.90. The highest BCUT2D eigenvalue weighted by Crippen LogP contribution is 2.12. The molecule has 0 aliphatic carbocycles. The Hall–Kier alpha value is -1.65. The molecule has 0 saturated carbocycles. The molecule has 1 heterocycles. The molecule has 27 heavy (non-hydrogen) atoms. The first-order chi connectivity index (χ1) is 12.5. The van der Waals surface area contributed by atoms with Crippen LogP contribution in [0.15, 0.2) is 41.4 Å². The van der Waals surface area contributed by atoms with Gasteiger partial charge in [-0.1, -0.05) is 24.3 Å². The topological polar surface area (TPSA) is 92.0 Å². The number of amides is 1. The van der Waals surface area contributed by atoms with Crippen molar-refractivity contribution in [3.05, 3.63) is 42.0 Å². The van der Waals surface area contributed by atoms with E-state index in [4.69, 9.17) is 10.5 Å². The van der Waals surface area contributed by atoms with Crippen LogP contribution in [0.5, 0.6) is 0 Å². The maximum Gasteiger partial charge on any atom is 0.225 e. The van der Waals surface area contributed by atoms with E-state index in [1.807, 2.05) is 31.2 Å². The minimum atomic E-state index is 0. The van der Waals surface area contributed by atoms with E-state index in [-0.39, 0.29) is 29.9 Å². The molecule has 0 aromatic heterocycles. The van der Waals surface area contributed by atoms with Gasteiger partial charge in [0.1, 0.15) is 0 Å². The molecule has 0 spiro atoms. The van der Waals surface area contributed by atoms with E-state index in [1.54, 1.807) is 0 Å². The molecule has 8 heteroatoms. The molecule has 0 bridgehead atoms. The summed E-state index contributed by atoms with van der Waals surface area (Å²) in [5.41, 5.74) is 8.56. The van der Waals surface area contributed by atoms with E-state index < -0.39 is 0 Å². The number of guanidine groups is 1. The Kier molecular flexibility index (Phi) is 11.0. The van der Waals surface area contributed by atoms with Gasteiger partial charge in [0.15, 0.2) is 5.96 Å². The molecule has 1 aliphatic heterocycles. The van der Waals surface area contributed by atoms with Gasteiger partial charge in [0.2, 0.25) is 5.91 Å². The van der Waals surface area contributed by atoms with Crippen LogP contribution in [-0.2, 0) is 16.1 Å². The molecule has 1 saturated heterocycles. The van der Waals surface area contributed by atoms with Crippen molar-refractivity contribution < 1.29 is 9.53 Å². The van der Waals surface area contributed by atoms with Crippen LogP contribution < -0.4 is 16.4 Å². The lowest BCUT2D eigenvalue weighted by atomic mass is 10.2. The third-order valence-corrected chi connectivity index (χ3v) is 3.97. The molecule has 1 aliphatic rings. The highest BCUT2D eigenvalue weighted by atomic mass is 127. The van der Waals surface area contributed by atoms with Gasteiger partial charge in [-0.2, -0.15) is 0 Å². The van der Waals surface area contributed by atoms with E-state index in [1.165, 1.54) is 0 Å². The Bertz CT molecular complexity index is 645. The number of nitrogens with one attached hydrogen (secondary N) is 2. The highest BCUT2D eigenvalue weighted by Gasteiger charge is 2.12. The third-order valence-electron chi connectivity index (χ3n) is 3.97. The molecule has 7 nitrogen and oxygen atoms in total. The van der Waals surface area contributed by atoms with Crippen LogP contribution in [0.2, 0.25) is 0 Å². The fourth-order valence-corrected chi connectivity index (χ4v) is 2.53. The predicted octanol–water partition coefficient (Wildman–Crippen LogP) is 1.95. The van der Waals surface area contributed by atoms with Crippen molar-refractivity contribution >= 4 is 41.5 Å². The Morgan fingerprint density at radius 2 is 2.11 bits per heavy atom. The second-order valence-electron chi connectivity index (χ2n) is 6.46. The molecule has 150 valence electrons. The predicted molar refractivity (Wildman–Crippen MR) is 121 cm³/mol. The van der Waals surface area contributed by atoms with Crippen LogP contribution in [0.4, 0.5) is 5.69 Å². The average Bonchev–Trinajstić information content (AvgIpc) is 2.64. The standard InChI is InChI=1S/C19H29N5O2.HI/c1-15(2)13-21-19(20)22-14-16-4-3-5-17(12-16)23-18(25)6-7-24-8-10-26-11-9-24;/h3-5,12H,1,6-11,13-14H2,2H3,(H,23,25)(H3,20,21,22);1H. The quantitative estimate of drug-likeness (QED) is 0.226. The highest BCUT2D eigenvalue weighted by molar-refractivity contribution is 14.0. The molecular weight excluding hydrogens is 457 g/mol. The Morgan fingerprint density at radius 3 is 2.81 bits per heavy atom. The summed E-state index contributed by atoms with van der Waals surface area (Å²) in [6.07, 6.45) is 0.472. The smallest absolute Gasteiger partial charge is 0.225 e. The van der Waals surface area contributed by atoms with E-state index in [9.17, 15) is 4.79 Å². The number of anilines is 1. The Balaban J connectivity index is 0.00000364. The van der Waals surface area contributed by atoms with Gasteiger partial charge in [-0.05, 0) is 24.6 Å². The Labute approximate surface area is 178 Å². The second-order valence-corrected chi connectivity index (χ2v) is 6.46. The molecule has 0 radical (unpaired) electrons. The van der Waals surface area contributed by atoms with Gasteiger partial charge in [0.05, 0.1) is 19.8 Å². The molecular formula is C19H30IN5O2. The summed E-state index contributed by atoms with van der Waals surface area (Å²) in [5.74, 6) is 0.396. The van der Waals surface area contributed by atoms with Crippen LogP contribution in [0.3, 0.4) is 0 Å². The van der Waals surface area contributed by atoms with E-state index in [0.29, 0.717) is 25.5 Å². The lowest BCUT2D eigenvalue weighted by molar-refractivity contribution is -0.116. The largest absolute Gasteiger partial charge is 0.379 e. The van der Waals surface area contributed by atoms with Crippen molar-refractivity contribution in [3.63, 3.8) is 0 Å². The zero-order chi connectivity index (χ0) is 18.8. The summed E-state index contributed by atoms with van der Waals surface area (Å²) in [5, 5.41) is 5.94. The van der Waals surface area contributed by atoms with E-state index in [2.05, 4.69) is 27.1 Å². The number of ether oxygens (including phenoxy) is 1. The number of hydrogen-bond donors (Lipinski definition) is 3. The summed E-state index contributed by atoms with van der Waals surface area (Å²) < 4.78 is 5.31. The number of nitrogens with zero attached hydrogens (tertiary/aromatic N) is 2. The maximum atomic E-state index is 12.1. The number of halogens is 1. The zero-order valence-electron chi connectivity index (χ0n) is 15.9. The van der Waals surface area contributed by atoms with Crippen molar-refractivity contribution in [1.29, 1.82) is 0 Å². The normalized spacial score (nSPS) is 14.9. The molecule has 4 N–H and O–H groups in total. The minimum absolute atomic E-state index is 0. The summed E-state index contributed by atoms with van der Waals surface area (Å²) in [6.45, 7) is 10.8. The molecule has 0 unspecified atom stereocenters. The van der Waals surface area contributed by atoms with Gasteiger partial charge in [-0.15, -0.1) is 24.0 Å². The zero-order valence-corrected chi connectivity index (χ0v) is 18.2. The number of morpholine rings is 1. The number of rotatable bonds is 8. The van der Waals surface area contributed by atoms with Crippen LogP contribution in [0.25, 0.3) is 0 Å². The van der Waals surface area contributed by atoms with Crippen molar-refractivity contribution in [2.24, 2.45) is 10.7 Å². The third kappa shape index (κ3) is 9.73. The first-order valence-electron chi connectivity index (χ1n) is 8.90. The SMILES string of the molecule is C=C(C)CNC(N)=NCc1cccc(NC(=O)CCN2CCOCC2)c1.I.